The monoisotopic (exact) mass is 276 g/mol. The van der Waals surface area contributed by atoms with E-state index in [0.717, 1.165) is 30.0 Å². The van der Waals surface area contributed by atoms with Crippen molar-refractivity contribution in [3.8, 4) is 5.88 Å². The molecule has 0 aromatic carbocycles. The molecule has 0 atom stereocenters. The van der Waals surface area contributed by atoms with Crippen LogP contribution in [0.1, 0.15) is 30.9 Å². The molecule has 0 bridgehead atoms. The fourth-order valence-electron chi connectivity index (χ4n) is 1.92. The zero-order valence-corrected chi connectivity index (χ0v) is 12.3. The summed E-state index contributed by atoms with van der Waals surface area (Å²) in [5, 5.41) is 7.19. The third kappa shape index (κ3) is 3.46. The summed E-state index contributed by atoms with van der Waals surface area (Å²) in [6, 6.07) is 0. The second-order valence-electron chi connectivity index (χ2n) is 4.86. The molecule has 2 rings (SSSR count). The van der Waals surface area contributed by atoms with E-state index in [1.807, 2.05) is 27.7 Å². The molecule has 0 spiro atoms. The van der Waals surface area contributed by atoms with Crippen molar-refractivity contribution < 1.29 is 9.26 Å². The van der Waals surface area contributed by atoms with Crippen molar-refractivity contribution in [2.45, 2.75) is 40.2 Å². The second-order valence-corrected chi connectivity index (χ2v) is 4.86. The van der Waals surface area contributed by atoms with E-state index >= 15 is 0 Å². The summed E-state index contributed by atoms with van der Waals surface area (Å²) in [7, 11) is 0. The van der Waals surface area contributed by atoms with Crippen LogP contribution in [0.2, 0.25) is 0 Å². The van der Waals surface area contributed by atoms with Gasteiger partial charge in [0.25, 0.3) is 5.88 Å². The van der Waals surface area contributed by atoms with Gasteiger partial charge >= 0.3 is 0 Å². The van der Waals surface area contributed by atoms with E-state index in [1.165, 1.54) is 0 Å². The third-order valence-corrected chi connectivity index (χ3v) is 2.86. The zero-order chi connectivity index (χ0) is 14.5. The largest absolute Gasteiger partial charge is 0.472 e. The average molecular weight is 276 g/mol. The maximum absolute atomic E-state index is 5.61. The zero-order valence-electron chi connectivity index (χ0n) is 12.3. The number of rotatable bonds is 6. The van der Waals surface area contributed by atoms with Gasteiger partial charge in [0.05, 0.1) is 11.8 Å². The Bertz CT molecular complexity index is 547. The topological polar surface area (TPSA) is 73.1 Å². The van der Waals surface area contributed by atoms with Gasteiger partial charge in [0.15, 0.2) is 5.82 Å². The van der Waals surface area contributed by atoms with Crippen LogP contribution in [0.4, 0.5) is 5.82 Å². The second kappa shape index (κ2) is 6.36. The summed E-state index contributed by atoms with van der Waals surface area (Å²) in [6.45, 7) is 8.51. The Kier molecular flexibility index (Phi) is 4.55. The molecule has 2 aromatic heterocycles. The molecule has 0 aliphatic heterocycles. The molecule has 0 saturated heterocycles. The van der Waals surface area contributed by atoms with Gasteiger partial charge in [-0.05, 0) is 34.1 Å². The third-order valence-electron chi connectivity index (χ3n) is 2.86. The first kappa shape index (κ1) is 14.3. The SMILES string of the molecule is Cc1noc(C)c1CCNc1nccnc1OC(C)C. The quantitative estimate of drug-likeness (QED) is 0.874. The van der Waals surface area contributed by atoms with E-state index in [2.05, 4.69) is 20.4 Å². The Morgan fingerprint density at radius 3 is 2.65 bits per heavy atom. The summed E-state index contributed by atoms with van der Waals surface area (Å²) in [4.78, 5) is 8.45. The Hall–Kier alpha value is -2.11. The molecule has 0 amide bonds. The molecule has 0 aliphatic carbocycles. The number of anilines is 1. The van der Waals surface area contributed by atoms with Crippen LogP contribution in [-0.4, -0.2) is 27.8 Å². The van der Waals surface area contributed by atoms with E-state index in [1.54, 1.807) is 12.4 Å². The van der Waals surface area contributed by atoms with Crippen LogP contribution in [0.15, 0.2) is 16.9 Å². The molecular formula is C14H20N4O2. The van der Waals surface area contributed by atoms with Gasteiger partial charge < -0.3 is 14.6 Å². The Balaban J connectivity index is 1.97. The van der Waals surface area contributed by atoms with Crippen LogP contribution in [0.5, 0.6) is 5.88 Å². The molecule has 0 unspecified atom stereocenters. The van der Waals surface area contributed by atoms with Crippen LogP contribution in [0, 0.1) is 13.8 Å². The van der Waals surface area contributed by atoms with Crippen molar-refractivity contribution in [2.75, 3.05) is 11.9 Å². The van der Waals surface area contributed by atoms with Crippen LogP contribution in [0.25, 0.3) is 0 Å². The highest BCUT2D eigenvalue weighted by Crippen LogP contribution is 2.19. The normalized spacial score (nSPS) is 10.8. The van der Waals surface area contributed by atoms with E-state index < -0.39 is 0 Å². The van der Waals surface area contributed by atoms with Crippen molar-refractivity contribution in [1.29, 1.82) is 0 Å². The van der Waals surface area contributed by atoms with Gasteiger partial charge in [-0.3, -0.25) is 0 Å². The van der Waals surface area contributed by atoms with Gasteiger partial charge in [0, 0.05) is 24.5 Å². The number of aromatic nitrogens is 3. The van der Waals surface area contributed by atoms with Crippen molar-refractivity contribution in [3.63, 3.8) is 0 Å². The number of aryl methyl sites for hydroxylation is 2. The summed E-state index contributed by atoms with van der Waals surface area (Å²) < 4.78 is 10.8. The van der Waals surface area contributed by atoms with Crippen molar-refractivity contribution in [2.24, 2.45) is 0 Å². The molecule has 1 N–H and O–H groups in total. The van der Waals surface area contributed by atoms with Crippen molar-refractivity contribution >= 4 is 5.82 Å². The average Bonchev–Trinajstić information content (AvgIpc) is 2.71. The molecule has 0 radical (unpaired) electrons. The van der Waals surface area contributed by atoms with Crippen LogP contribution >= 0.6 is 0 Å². The summed E-state index contributed by atoms with van der Waals surface area (Å²) >= 11 is 0. The first-order valence-electron chi connectivity index (χ1n) is 6.71. The minimum atomic E-state index is 0.0646. The van der Waals surface area contributed by atoms with E-state index in [-0.39, 0.29) is 6.10 Å². The minimum absolute atomic E-state index is 0.0646. The van der Waals surface area contributed by atoms with Gasteiger partial charge in [-0.15, -0.1) is 0 Å². The molecule has 2 aromatic rings. The number of nitrogens with zero attached hydrogens (tertiary/aromatic N) is 3. The van der Waals surface area contributed by atoms with Gasteiger partial charge in [0.2, 0.25) is 0 Å². The molecule has 6 nitrogen and oxygen atoms in total. The Labute approximate surface area is 118 Å². The maximum Gasteiger partial charge on any atom is 0.257 e. The fourth-order valence-corrected chi connectivity index (χ4v) is 1.92. The van der Waals surface area contributed by atoms with Gasteiger partial charge in [-0.25, -0.2) is 9.97 Å². The highest BCUT2D eigenvalue weighted by molar-refractivity contribution is 5.44. The number of ether oxygens (including phenoxy) is 1. The lowest BCUT2D eigenvalue weighted by Gasteiger charge is -2.12. The van der Waals surface area contributed by atoms with E-state index in [4.69, 9.17) is 9.26 Å². The van der Waals surface area contributed by atoms with Crippen LogP contribution < -0.4 is 10.1 Å². The molecule has 2 heterocycles. The van der Waals surface area contributed by atoms with Crippen molar-refractivity contribution in [1.82, 2.24) is 15.1 Å². The summed E-state index contributed by atoms with van der Waals surface area (Å²) in [5.41, 5.74) is 2.06. The lowest BCUT2D eigenvalue weighted by atomic mass is 10.1. The molecule has 6 heteroatoms. The van der Waals surface area contributed by atoms with E-state index in [0.29, 0.717) is 11.7 Å². The predicted octanol–water partition coefficient (Wildman–Crippen LogP) is 2.52. The highest BCUT2D eigenvalue weighted by atomic mass is 16.5. The summed E-state index contributed by atoms with van der Waals surface area (Å²) in [5.74, 6) is 2.05. The standard InChI is InChI=1S/C14H20N4O2/c1-9(2)19-14-13(16-7-8-17-14)15-6-5-12-10(3)18-20-11(12)4/h7-9H,5-6H2,1-4H3,(H,15,16). The van der Waals surface area contributed by atoms with E-state index in [9.17, 15) is 0 Å². The lowest BCUT2D eigenvalue weighted by Crippen LogP contribution is -2.13. The molecular weight excluding hydrogens is 256 g/mol. The van der Waals surface area contributed by atoms with Gasteiger partial charge in [-0.2, -0.15) is 0 Å². The minimum Gasteiger partial charge on any atom is -0.472 e. The highest BCUT2D eigenvalue weighted by Gasteiger charge is 2.11. The Morgan fingerprint density at radius 1 is 1.25 bits per heavy atom. The van der Waals surface area contributed by atoms with Crippen LogP contribution in [0.3, 0.4) is 0 Å². The molecule has 0 aliphatic rings. The first-order valence-corrected chi connectivity index (χ1v) is 6.71. The number of hydrogen-bond acceptors (Lipinski definition) is 6. The molecule has 0 fully saturated rings. The molecule has 0 saturated carbocycles. The number of hydrogen-bond donors (Lipinski definition) is 1. The maximum atomic E-state index is 5.61. The first-order chi connectivity index (χ1) is 9.58. The summed E-state index contributed by atoms with van der Waals surface area (Å²) in [6.07, 6.45) is 4.15. The van der Waals surface area contributed by atoms with Crippen LogP contribution in [-0.2, 0) is 6.42 Å². The van der Waals surface area contributed by atoms with Gasteiger partial charge in [0.1, 0.15) is 5.76 Å². The smallest absolute Gasteiger partial charge is 0.257 e. The lowest BCUT2D eigenvalue weighted by molar-refractivity contribution is 0.233. The Morgan fingerprint density at radius 2 is 2.00 bits per heavy atom. The number of nitrogens with one attached hydrogen (secondary N) is 1. The molecule has 108 valence electrons. The van der Waals surface area contributed by atoms with Crippen molar-refractivity contribution in [3.05, 3.63) is 29.4 Å². The molecule has 20 heavy (non-hydrogen) atoms. The van der Waals surface area contributed by atoms with Gasteiger partial charge in [-0.1, -0.05) is 5.16 Å². The predicted molar refractivity (Wildman–Crippen MR) is 76.0 cm³/mol. The fraction of sp³-hybridized carbons (Fsp3) is 0.500.